The van der Waals surface area contributed by atoms with Crippen molar-refractivity contribution < 1.29 is 14.3 Å². The van der Waals surface area contributed by atoms with Crippen molar-refractivity contribution in [3.8, 4) is 11.4 Å². The molecule has 4 fully saturated rings. The second kappa shape index (κ2) is 9.47. The van der Waals surface area contributed by atoms with Gasteiger partial charge in [0.25, 0.3) is 5.91 Å². The van der Waals surface area contributed by atoms with Crippen molar-refractivity contribution in [3.63, 3.8) is 0 Å². The van der Waals surface area contributed by atoms with Crippen molar-refractivity contribution in [1.82, 2.24) is 15.3 Å². The molecule has 0 radical (unpaired) electrons. The molecule has 2 N–H and O–H groups in total. The minimum Gasteiger partial charge on any atom is -0.465 e. The Bertz CT molecular complexity index is 1310. The Kier molecular flexibility index (Phi) is 6.13. The number of aromatic nitrogens is 2. The molecule has 0 atom stereocenters. The highest BCUT2D eigenvalue weighted by atomic mass is 16.5. The first-order valence-electron chi connectivity index (χ1n) is 13.5. The lowest BCUT2D eigenvalue weighted by Gasteiger charge is -2.56. The Morgan fingerprint density at radius 3 is 2.43 bits per heavy atom. The highest BCUT2D eigenvalue weighted by Crippen LogP contribution is 2.55. The van der Waals surface area contributed by atoms with Gasteiger partial charge in [-0.2, -0.15) is 0 Å². The first-order valence-corrected chi connectivity index (χ1v) is 13.5. The van der Waals surface area contributed by atoms with Gasteiger partial charge in [0, 0.05) is 28.6 Å². The molecular weight excluding hydrogens is 462 g/mol. The van der Waals surface area contributed by atoms with Crippen LogP contribution in [0, 0.1) is 24.7 Å². The number of hydrogen-bond acceptors (Lipinski definition) is 4. The average Bonchev–Trinajstić information content (AvgIpc) is 3.35. The maximum Gasteiger partial charge on any atom is 0.337 e. The lowest BCUT2D eigenvalue weighted by Crippen LogP contribution is -2.59. The standard InChI is InChI=1S/C31H35N3O3/c1-19-6-8-24(29(35)34-31-15-21-10-22(16-31)12-23(11-21)17-31)14-27(19)28-32-18-26(33-28)9-7-20-4-3-5-25(13-20)30(36)37-2/h3-6,8,13-14,18,21-23H,7,9-12,15-17H2,1-2H3,(H,32,33)(H,34,35). The van der Waals surface area contributed by atoms with Crippen LogP contribution in [0.25, 0.3) is 11.4 Å². The number of hydrogen-bond donors (Lipinski definition) is 2. The third-order valence-corrected chi connectivity index (χ3v) is 8.83. The van der Waals surface area contributed by atoms with Gasteiger partial charge < -0.3 is 15.0 Å². The number of H-pyrrole nitrogens is 1. The van der Waals surface area contributed by atoms with Gasteiger partial charge in [-0.25, -0.2) is 9.78 Å². The van der Waals surface area contributed by atoms with Gasteiger partial charge in [-0.05, 0) is 111 Å². The molecule has 0 spiro atoms. The first kappa shape index (κ1) is 24.0. The van der Waals surface area contributed by atoms with E-state index in [-0.39, 0.29) is 17.4 Å². The molecule has 37 heavy (non-hydrogen) atoms. The van der Waals surface area contributed by atoms with E-state index in [4.69, 9.17) is 4.74 Å². The molecular formula is C31H35N3O3. The van der Waals surface area contributed by atoms with Gasteiger partial charge in [0.1, 0.15) is 5.82 Å². The van der Waals surface area contributed by atoms with E-state index >= 15 is 0 Å². The fourth-order valence-electron chi connectivity index (χ4n) is 7.47. The molecule has 7 rings (SSSR count). The number of aromatic amines is 1. The highest BCUT2D eigenvalue weighted by molar-refractivity contribution is 5.96. The van der Waals surface area contributed by atoms with E-state index in [2.05, 4.69) is 22.2 Å². The van der Waals surface area contributed by atoms with Gasteiger partial charge in [-0.1, -0.05) is 18.2 Å². The smallest absolute Gasteiger partial charge is 0.337 e. The molecule has 4 bridgehead atoms. The van der Waals surface area contributed by atoms with Crippen LogP contribution >= 0.6 is 0 Å². The van der Waals surface area contributed by atoms with Crippen LogP contribution in [0.3, 0.4) is 0 Å². The van der Waals surface area contributed by atoms with Gasteiger partial charge in [-0.15, -0.1) is 0 Å². The number of amides is 1. The number of esters is 1. The molecule has 192 valence electrons. The van der Waals surface area contributed by atoms with Crippen LogP contribution in [0.4, 0.5) is 0 Å². The Balaban J connectivity index is 1.15. The summed E-state index contributed by atoms with van der Waals surface area (Å²) >= 11 is 0. The maximum atomic E-state index is 13.4. The van der Waals surface area contributed by atoms with Gasteiger partial charge >= 0.3 is 5.97 Å². The number of nitrogens with zero attached hydrogens (tertiary/aromatic N) is 1. The predicted octanol–water partition coefficient (Wildman–Crippen LogP) is 5.66. The van der Waals surface area contributed by atoms with Crippen molar-refractivity contribution in [2.24, 2.45) is 17.8 Å². The van der Waals surface area contributed by atoms with Crippen molar-refractivity contribution in [2.45, 2.75) is 63.8 Å². The summed E-state index contributed by atoms with van der Waals surface area (Å²) in [4.78, 5) is 33.3. The van der Waals surface area contributed by atoms with Crippen LogP contribution in [0.1, 0.15) is 76.1 Å². The van der Waals surface area contributed by atoms with E-state index in [1.807, 2.05) is 42.6 Å². The van der Waals surface area contributed by atoms with E-state index in [0.717, 1.165) is 78.1 Å². The maximum absolute atomic E-state index is 13.4. The quantitative estimate of drug-likeness (QED) is 0.413. The number of nitrogens with one attached hydrogen (secondary N) is 2. The van der Waals surface area contributed by atoms with E-state index in [1.54, 1.807) is 6.07 Å². The number of aryl methyl sites for hydroxylation is 3. The van der Waals surface area contributed by atoms with Crippen LogP contribution in [0.15, 0.2) is 48.7 Å². The molecule has 4 aliphatic rings. The fourth-order valence-corrected chi connectivity index (χ4v) is 7.47. The van der Waals surface area contributed by atoms with Crippen LogP contribution in [-0.2, 0) is 17.6 Å². The van der Waals surface area contributed by atoms with E-state index in [1.165, 1.54) is 26.4 Å². The monoisotopic (exact) mass is 497 g/mol. The number of carbonyl (C=O) groups is 2. The zero-order chi connectivity index (χ0) is 25.6. The lowest BCUT2D eigenvalue weighted by atomic mass is 9.53. The zero-order valence-electron chi connectivity index (χ0n) is 21.7. The molecule has 0 saturated heterocycles. The summed E-state index contributed by atoms with van der Waals surface area (Å²) in [5.41, 5.74) is 5.38. The molecule has 6 nitrogen and oxygen atoms in total. The van der Waals surface area contributed by atoms with Crippen molar-refractivity contribution in [1.29, 1.82) is 0 Å². The Morgan fingerprint density at radius 1 is 1.00 bits per heavy atom. The summed E-state index contributed by atoms with van der Waals surface area (Å²) in [5.74, 6) is 2.88. The largest absolute Gasteiger partial charge is 0.465 e. The van der Waals surface area contributed by atoms with Crippen molar-refractivity contribution in [3.05, 3.63) is 76.6 Å². The third kappa shape index (κ3) is 4.81. The molecule has 4 saturated carbocycles. The summed E-state index contributed by atoms with van der Waals surface area (Å²) in [6, 6.07) is 13.5. The van der Waals surface area contributed by atoms with Crippen LogP contribution in [0.5, 0.6) is 0 Å². The summed E-state index contributed by atoms with van der Waals surface area (Å²) in [6.07, 6.45) is 10.9. The summed E-state index contributed by atoms with van der Waals surface area (Å²) in [5, 5.41) is 3.50. The summed E-state index contributed by atoms with van der Waals surface area (Å²) in [7, 11) is 1.39. The number of methoxy groups -OCH3 is 1. The van der Waals surface area contributed by atoms with Crippen molar-refractivity contribution >= 4 is 11.9 Å². The average molecular weight is 498 g/mol. The number of benzene rings is 2. The normalized spacial score (nSPS) is 25.7. The second-order valence-corrected chi connectivity index (χ2v) is 11.6. The summed E-state index contributed by atoms with van der Waals surface area (Å²) in [6.45, 7) is 2.05. The minimum absolute atomic E-state index is 0.0000951. The second-order valence-electron chi connectivity index (χ2n) is 11.6. The zero-order valence-corrected chi connectivity index (χ0v) is 21.7. The summed E-state index contributed by atoms with van der Waals surface area (Å²) < 4.78 is 4.83. The molecule has 0 aliphatic heterocycles. The van der Waals surface area contributed by atoms with Gasteiger partial charge in [0.15, 0.2) is 0 Å². The highest BCUT2D eigenvalue weighted by Gasteiger charge is 2.51. The SMILES string of the molecule is COC(=O)c1cccc(CCc2cnc(-c3cc(C(=O)NC45CC6CC(CC(C6)C4)C5)ccc3C)[nH]2)c1. The molecule has 1 amide bonds. The van der Waals surface area contributed by atoms with Gasteiger partial charge in [0.05, 0.1) is 12.7 Å². The van der Waals surface area contributed by atoms with Crippen molar-refractivity contribution in [2.75, 3.05) is 7.11 Å². The molecule has 1 heterocycles. The van der Waals surface area contributed by atoms with Crippen LogP contribution in [-0.4, -0.2) is 34.5 Å². The fraction of sp³-hybridized carbons (Fsp3) is 0.452. The molecule has 6 heteroatoms. The van der Waals surface area contributed by atoms with E-state index in [0.29, 0.717) is 11.1 Å². The van der Waals surface area contributed by atoms with Crippen LogP contribution in [0.2, 0.25) is 0 Å². The topological polar surface area (TPSA) is 84.1 Å². The first-order chi connectivity index (χ1) is 17.9. The lowest BCUT2D eigenvalue weighted by molar-refractivity contribution is -0.0167. The third-order valence-electron chi connectivity index (χ3n) is 8.83. The number of carbonyl (C=O) groups excluding carboxylic acids is 2. The Morgan fingerprint density at radius 2 is 1.73 bits per heavy atom. The Labute approximate surface area is 218 Å². The van der Waals surface area contributed by atoms with Gasteiger partial charge in [0.2, 0.25) is 0 Å². The van der Waals surface area contributed by atoms with Gasteiger partial charge in [-0.3, -0.25) is 4.79 Å². The number of rotatable bonds is 7. The number of ether oxygens (including phenoxy) is 1. The van der Waals surface area contributed by atoms with Crippen LogP contribution < -0.4 is 5.32 Å². The molecule has 2 aromatic carbocycles. The molecule has 3 aromatic rings. The molecule has 1 aromatic heterocycles. The van der Waals surface area contributed by atoms with E-state index in [9.17, 15) is 9.59 Å². The number of imidazole rings is 1. The predicted molar refractivity (Wildman–Crippen MR) is 142 cm³/mol. The molecule has 4 aliphatic carbocycles. The Hall–Kier alpha value is -3.41. The molecule has 0 unspecified atom stereocenters. The van der Waals surface area contributed by atoms with E-state index < -0.39 is 0 Å². The minimum atomic E-state index is -0.326.